The molecule has 1 saturated heterocycles. The average molecular weight is 294 g/mol. The second-order valence-corrected chi connectivity index (χ2v) is 4.99. The fraction of sp³-hybridized carbons (Fsp3) is 0.538. The summed E-state index contributed by atoms with van der Waals surface area (Å²) in [4.78, 5) is 15.5. The van der Waals surface area contributed by atoms with Gasteiger partial charge in [-0.2, -0.15) is 4.98 Å². The maximum atomic E-state index is 11.9. The molecule has 1 aliphatic heterocycles. The lowest BCUT2D eigenvalue weighted by Crippen LogP contribution is -2.55. The van der Waals surface area contributed by atoms with Gasteiger partial charge in [0, 0.05) is 6.20 Å². The van der Waals surface area contributed by atoms with Gasteiger partial charge in [0.05, 0.1) is 6.10 Å². The van der Waals surface area contributed by atoms with Gasteiger partial charge in [-0.05, 0) is 19.9 Å². The van der Waals surface area contributed by atoms with Gasteiger partial charge in [-0.3, -0.25) is 4.57 Å². The van der Waals surface area contributed by atoms with Crippen molar-refractivity contribution in [3.63, 3.8) is 0 Å². The van der Waals surface area contributed by atoms with Crippen molar-refractivity contribution >= 4 is 5.82 Å². The van der Waals surface area contributed by atoms with Crippen LogP contribution in [0, 0.1) is 11.8 Å². The second-order valence-electron chi connectivity index (χ2n) is 4.99. The molecular formula is C13H18N4O4. The first-order chi connectivity index (χ1) is 9.81. The van der Waals surface area contributed by atoms with E-state index in [9.17, 15) is 15.0 Å². The van der Waals surface area contributed by atoms with Gasteiger partial charge in [0.15, 0.2) is 11.8 Å². The predicted octanol–water partition coefficient (Wildman–Crippen LogP) is -1.81. The number of aliphatic hydroxyl groups is 2. The molecule has 1 aromatic rings. The van der Waals surface area contributed by atoms with Crippen LogP contribution in [0.25, 0.3) is 0 Å². The van der Waals surface area contributed by atoms with Crippen molar-refractivity contribution in [3.8, 4) is 11.8 Å². The lowest BCUT2D eigenvalue weighted by Gasteiger charge is -2.27. The van der Waals surface area contributed by atoms with E-state index in [1.807, 2.05) is 0 Å². The zero-order chi connectivity index (χ0) is 15.8. The fourth-order valence-corrected chi connectivity index (χ4v) is 2.38. The summed E-state index contributed by atoms with van der Waals surface area (Å²) in [6.45, 7) is 3.01. The van der Waals surface area contributed by atoms with Gasteiger partial charge >= 0.3 is 5.69 Å². The van der Waals surface area contributed by atoms with Gasteiger partial charge in [-0.25, -0.2) is 4.79 Å². The Kier molecular flexibility index (Phi) is 4.02. The van der Waals surface area contributed by atoms with Crippen molar-refractivity contribution in [3.05, 3.63) is 22.7 Å². The zero-order valence-electron chi connectivity index (χ0n) is 11.7. The van der Waals surface area contributed by atoms with E-state index in [0.29, 0.717) is 0 Å². The number of anilines is 1. The standard InChI is InChI=1S/C13H18N4O4/c1-3-5-13(15)10(19)9(7(2)18)21-11(13)17-6-4-8(14)16-12(17)20/h4,6-7,9-11,18-19H,15H2,1-2H3,(H2,14,16,20)/t7-,9+,10-,11+,13?/m0/s1. The molecule has 1 aliphatic rings. The van der Waals surface area contributed by atoms with Gasteiger partial charge in [0.25, 0.3) is 0 Å². The molecule has 1 fully saturated rings. The molecule has 0 aliphatic carbocycles. The number of ether oxygens (including phenoxy) is 1. The second kappa shape index (κ2) is 5.46. The number of aliphatic hydroxyl groups excluding tert-OH is 2. The van der Waals surface area contributed by atoms with Crippen LogP contribution in [0.15, 0.2) is 17.1 Å². The van der Waals surface area contributed by atoms with Crippen molar-refractivity contribution in [1.82, 2.24) is 9.55 Å². The van der Waals surface area contributed by atoms with Crippen LogP contribution in [0.3, 0.4) is 0 Å². The van der Waals surface area contributed by atoms with E-state index in [1.54, 1.807) is 6.92 Å². The summed E-state index contributed by atoms with van der Waals surface area (Å²) in [5.74, 6) is 5.34. The quantitative estimate of drug-likeness (QED) is 0.472. The highest BCUT2D eigenvalue weighted by molar-refractivity contribution is 5.27. The van der Waals surface area contributed by atoms with E-state index in [1.165, 1.54) is 19.2 Å². The molecule has 1 aromatic heterocycles. The lowest BCUT2D eigenvalue weighted by atomic mass is 9.90. The average Bonchev–Trinajstić information content (AvgIpc) is 2.64. The summed E-state index contributed by atoms with van der Waals surface area (Å²) < 4.78 is 6.67. The molecule has 0 amide bonds. The summed E-state index contributed by atoms with van der Waals surface area (Å²) >= 11 is 0. The fourth-order valence-electron chi connectivity index (χ4n) is 2.38. The molecule has 0 spiro atoms. The van der Waals surface area contributed by atoms with Crippen molar-refractivity contribution in [1.29, 1.82) is 0 Å². The Bertz CT molecular complexity index is 648. The number of nitrogens with two attached hydrogens (primary N) is 2. The lowest BCUT2D eigenvalue weighted by molar-refractivity contribution is -0.0778. The smallest absolute Gasteiger partial charge is 0.351 e. The topological polar surface area (TPSA) is 137 Å². The molecule has 114 valence electrons. The van der Waals surface area contributed by atoms with Gasteiger partial charge < -0.3 is 26.4 Å². The molecule has 0 aromatic carbocycles. The molecule has 5 atom stereocenters. The Morgan fingerprint density at radius 1 is 1.62 bits per heavy atom. The molecule has 8 nitrogen and oxygen atoms in total. The van der Waals surface area contributed by atoms with Crippen molar-refractivity contribution in [2.45, 2.75) is 43.9 Å². The maximum absolute atomic E-state index is 11.9. The normalized spacial score (nSPS) is 33.3. The van der Waals surface area contributed by atoms with Crippen LogP contribution in [-0.2, 0) is 4.74 Å². The number of aromatic nitrogens is 2. The van der Waals surface area contributed by atoms with E-state index in [2.05, 4.69) is 16.8 Å². The van der Waals surface area contributed by atoms with Crippen molar-refractivity contribution in [2.75, 3.05) is 5.73 Å². The highest BCUT2D eigenvalue weighted by atomic mass is 16.5. The highest BCUT2D eigenvalue weighted by Gasteiger charge is 2.55. The van der Waals surface area contributed by atoms with E-state index in [-0.39, 0.29) is 5.82 Å². The van der Waals surface area contributed by atoms with Gasteiger partial charge in [0.1, 0.15) is 18.0 Å². The Morgan fingerprint density at radius 3 is 2.81 bits per heavy atom. The molecule has 1 unspecified atom stereocenters. The van der Waals surface area contributed by atoms with Gasteiger partial charge in [-0.1, -0.05) is 5.92 Å². The van der Waals surface area contributed by atoms with Crippen molar-refractivity contribution < 1.29 is 14.9 Å². The van der Waals surface area contributed by atoms with Crippen LogP contribution in [0.4, 0.5) is 5.82 Å². The minimum atomic E-state index is -1.54. The summed E-state index contributed by atoms with van der Waals surface area (Å²) in [5.41, 5.74) is 9.37. The number of hydrogen-bond acceptors (Lipinski definition) is 7. The van der Waals surface area contributed by atoms with E-state index in [4.69, 9.17) is 16.2 Å². The minimum absolute atomic E-state index is 0.0612. The molecular weight excluding hydrogens is 276 g/mol. The van der Waals surface area contributed by atoms with Gasteiger partial charge in [0.2, 0.25) is 0 Å². The largest absolute Gasteiger partial charge is 0.391 e. The molecule has 0 bridgehead atoms. The number of nitrogen functional groups attached to an aromatic ring is 1. The highest BCUT2D eigenvalue weighted by Crippen LogP contribution is 2.36. The molecule has 8 heteroatoms. The zero-order valence-corrected chi connectivity index (χ0v) is 11.7. The first-order valence-electron chi connectivity index (χ1n) is 6.40. The summed E-state index contributed by atoms with van der Waals surface area (Å²) in [5, 5.41) is 20.0. The molecule has 6 N–H and O–H groups in total. The van der Waals surface area contributed by atoms with Crippen LogP contribution in [-0.4, -0.2) is 43.6 Å². The third-order valence-corrected chi connectivity index (χ3v) is 3.42. The summed E-state index contributed by atoms with van der Waals surface area (Å²) in [6.07, 6.45) is -2.93. The van der Waals surface area contributed by atoms with Gasteiger partial charge in [-0.15, -0.1) is 5.92 Å². The van der Waals surface area contributed by atoms with Crippen LogP contribution >= 0.6 is 0 Å². The first-order valence-corrected chi connectivity index (χ1v) is 6.40. The Hall–Kier alpha value is -1.92. The molecule has 0 radical (unpaired) electrons. The molecule has 0 saturated carbocycles. The Labute approximate surface area is 121 Å². The van der Waals surface area contributed by atoms with Crippen LogP contribution in [0.2, 0.25) is 0 Å². The number of hydrogen-bond donors (Lipinski definition) is 4. The minimum Gasteiger partial charge on any atom is -0.391 e. The van der Waals surface area contributed by atoms with Crippen LogP contribution in [0.5, 0.6) is 0 Å². The Balaban J connectivity index is 2.54. The number of nitrogens with zero attached hydrogens (tertiary/aromatic N) is 2. The van der Waals surface area contributed by atoms with Crippen molar-refractivity contribution in [2.24, 2.45) is 5.73 Å². The van der Waals surface area contributed by atoms with E-state index in [0.717, 1.165) is 4.57 Å². The third kappa shape index (κ3) is 2.52. The number of rotatable bonds is 2. The SMILES string of the molecule is CC#CC1(N)[C@@H](O)[C@@H]([C@H](C)O)O[C@H]1n1ccc(N)nc1=O. The van der Waals surface area contributed by atoms with E-state index < -0.39 is 35.8 Å². The summed E-state index contributed by atoms with van der Waals surface area (Å²) in [7, 11) is 0. The first kappa shape index (κ1) is 15.5. The van der Waals surface area contributed by atoms with E-state index >= 15 is 0 Å². The van der Waals surface area contributed by atoms with Crippen LogP contribution < -0.4 is 17.2 Å². The maximum Gasteiger partial charge on any atom is 0.351 e. The third-order valence-electron chi connectivity index (χ3n) is 3.42. The predicted molar refractivity (Wildman–Crippen MR) is 74.9 cm³/mol. The Morgan fingerprint density at radius 2 is 2.29 bits per heavy atom. The molecule has 2 rings (SSSR count). The molecule has 2 heterocycles. The van der Waals surface area contributed by atoms with Crippen LogP contribution in [0.1, 0.15) is 20.1 Å². The summed E-state index contributed by atoms with van der Waals surface area (Å²) in [6, 6.07) is 1.41. The monoisotopic (exact) mass is 294 g/mol. The molecule has 21 heavy (non-hydrogen) atoms.